The first-order chi connectivity index (χ1) is 8.02. The molecule has 0 radical (unpaired) electrons. The molecule has 94 valence electrons. The number of carbonyl (C=O) groups is 3. The second-order valence-electron chi connectivity index (χ2n) is 4.91. The molecule has 5 heteroatoms. The maximum atomic E-state index is 12.2. The van der Waals surface area contributed by atoms with Gasteiger partial charge in [0.2, 0.25) is 11.8 Å². The van der Waals surface area contributed by atoms with E-state index in [0.717, 1.165) is 6.42 Å². The van der Waals surface area contributed by atoms with Crippen molar-refractivity contribution in [2.45, 2.75) is 45.6 Å². The molecular formula is C12H18N2O3. The molecule has 2 aliphatic rings. The molecule has 2 saturated heterocycles. The molecule has 17 heavy (non-hydrogen) atoms. The van der Waals surface area contributed by atoms with Gasteiger partial charge >= 0.3 is 0 Å². The van der Waals surface area contributed by atoms with Gasteiger partial charge in [-0.25, -0.2) is 5.01 Å². The van der Waals surface area contributed by atoms with E-state index in [1.165, 1.54) is 16.9 Å². The molecule has 5 nitrogen and oxygen atoms in total. The molecule has 2 fully saturated rings. The smallest absolute Gasteiger partial charge is 0.244 e. The molecule has 0 aliphatic carbocycles. The number of hydrogen-bond donors (Lipinski definition) is 0. The second kappa shape index (κ2) is 4.47. The van der Waals surface area contributed by atoms with Gasteiger partial charge in [-0.1, -0.05) is 6.92 Å². The number of rotatable bonds is 1. The van der Waals surface area contributed by atoms with Crippen molar-refractivity contribution >= 4 is 17.6 Å². The summed E-state index contributed by atoms with van der Waals surface area (Å²) in [6.45, 7) is 3.87. The minimum atomic E-state index is -0.444. The van der Waals surface area contributed by atoms with Crippen molar-refractivity contribution in [2.75, 3.05) is 6.54 Å². The monoisotopic (exact) mass is 238 g/mol. The first-order valence-corrected chi connectivity index (χ1v) is 6.16. The van der Waals surface area contributed by atoms with E-state index in [4.69, 9.17) is 0 Å². The number of hydrogen-bond acceptors (Lipinski definition) is 3. The number of Topliss-reactive ketones (excluding diaryl/α,β-unsaturated/α-hetero) is 1. The van der Waals surface area contributed by atoms with E-state index in [1.54, 1.807) is 0 Å². The summed E-state index contributed by atoms with van der Waals surface area (Å²) in [5, 5.41) is 2.91. The predicted octanol–water partition coefficient (Wildman–Crippen LogP) is 0.740. The molecule has 2 aliphatic heterocycles. The van der Waals surface area contributed by atoms with E-state index < -0.39 is 6.04 Å². The van der Waals surface area contributed by atoms with Crippen LogP contribution in [0.5, 0.6) is 0 Å². The van der Waals surface area contributed by atoms with Gasteiger partial charge in [-0.05, 0) is 26.2 Å². The van der Waals surface area contributed by atoms with Gasteiger partial charge in [0.1, 0.15) is 6.04 Å². The first-order valence-electron chi connectivity index (χ1n) is 6.16. The topological polar surface area (TPSA) is 57.7 Å². The molecule has 0 saturated carbocycles. The SMILES string of the molecule is CC(=O)[C@@H]1CCCN2C(=O)CC[C@H](C)C(=O)N12. The first kappa shape index (κ1) is 12.1. The third-order valence-electron chi connectivity index (χ3n) is 3.60. The third kappa shape index (κ3) is 2.06. The van der Waals surface area contributed by atoms with Gasteiger partial charge in [0.15, 0.2) is 5.78 Å². The van der Waals surface area contributed by atoms with Crippen LogP contribution in [-0.4, -0.2) is 40.2 Å². The van der Waals surface area contributed by atoms with Gasteiger partial charge in [0, 0.05) is 18.9 Å². The van der Waals surface area contributed by atoms with Crippen molar-refractivity contribution in [2.24, 2.45) is 5.92 Å². The van der Waals surface area contributed by atoms with Crippen LogP contribution in [0.4, 0.5) is 0 Å². The van der Waals surface area contributed by atoms with Crippen molar-refractivity contribution in [3.8, 4) is 0 Å². The highest BCUT2D eigenvalue weighted by Crippen LogP contribution is 2.27. The van der Waals surface area contributed by atoms with E-state index in [-0.39, 0.29) is 23.5 Å². The predicted molar refractivity (Wildman–Crippen MR) is 60.7 cm³/mol. The fourth-order valence-electron chi connectivity index (χ4n) is 2.54. The number of ketones is 1. The van der Waals surface area contributed by atoms with Crippen LogP contribution in [0.15, 0.2) is 0 Å². The highest BCUT2D eigenvalue weighted by atomic mass is 16.2. The largest absolute Gasteiger partial charge is 0.298 e. The Hall–Kier alpha value is -1.39. The lowest BCUT2D eigenvalue weighted by Gasteiger charge is -2.42. The lowest BCUT2D eigenvalue weighted by atomic mass is 10.0. The van der Waals surface area contributed by atoms with Crippen molar-refractivity contribution < 1.29 is 14.4 Å². The van der Waals surface area contributed by atoms with Crippen LogP contribution < -0.4 is 0 Å². The number of carbonyl (C=O) groups excluding carboxylic acids is 3. The number of nitrogens with zero attached hydrogens (tertiary/aromatic N) is 2. The fourth-order valence-corrected chi connectivity index (χ4v) is 2.54. The van der Waals surface area contributed by atoms with Crippen LogP contribution in [-0.2, 0) is 14.4 Å². The molecule has 2 rings (SSSR count). The van der Waals surface area contributed by atoms with Crippen LogP contribution >= 0.6 is 0 Å². The average Bonchev–Trinajstić information content (AvgIpc) is 2.42. The quantitative estimate of drug-likeness (QED) is 0.677. The van der Waals surface area contributed by atoms with Crippen molar-refractivity contribution in [1.82, 2.24) is 10.0 Å². The standard InChI is InChI=1S/C12H18N2O3/c1-8-5-6-11(16)13-7-3-4-10(9(2)15)14(13)12(8)17/h8,10H,3-7H2,1-2H3/t8-,10-/m0/s1. The summed E-state index contributed by atoms with van der Waals surface area (Å²) >= 11 is 0. The molecule has 0 spiro atoms. The minimum absolute atomic E-state index is 0.0337. The fraction of sp³-hybridized carbons (Fsp3) is 0.750. The lowest BCUT2D eigenvalue weighted by Crippen LogP contribution is -2.59. The van der Waals surface area contributed by atoms with Gasteiger partial charge in [0.25, 0.3) is 0 Å². The molecule has 2 atom stereocenters. The van der Waals surface area contributed by atoms with Crippen molar-refractivity contribution in [3.05, 3.63) is 0 Å². The highest BCUT2D eigenvalue weighted by Gasteiger charge is 2.41. The summed E-state index contributed by atoms with van der Waals surface area (Å²) in [5.41, 5.74) is 0. The normalized spacial score (nSPS) is 30.0. The van der Waals surface area contributed by atoms with Gasteiger partial charge < -0.3 is 0 Å². The highest BCUT2D eigenvalue weighted by molar-refractivity contribution is 5.91. The Morgan fingerprint density at radius 3 is 2.65 bits per heavy atom. The summed E-state index contributed by atoms with van der Waals surface area (Å²) < 4.78 is 0. The molecule has 0 bridgehead atoms. The Balaban J connectivity index is 2.34. The Morgan fingerprint density at radius 2 is 2.00 bits per heavy atom. The Labute approximate surface area is 101 Å². The molecule has 0 N–H and O–H groups in total. The van der Waals surface area contributed by atoms with Crippen molar-refractivity contribution in [3.63, 3.8) is 0 Å². The zero-order valence-electron chi connectivity index (χ0n) is 10.3. The van der Waals surface area contributed by atoms with Gasteiger partial charge in [-0.15, -0.1) is 0 Å². The molecule has 2 amide bonds. The molecule has 2 heterocycles. The van der Waals surface area contributed by atoms with E-state index in [2.05, 4.69) is 0 Å². The third-order valence-corrected chi connectivity index (χ3v) is 3.60. The number of fused-ring (bicyclic) bond motifs is 1. The lowest BCUT2D eigenvalue weighted by molar-refractivity contribution is -0.175. The van der Waals surface area contributed by atoms with Crippen LogP contribution in [0, 0.1) is 5.92 Å². The summed E-state index contributed by atoms with van der Waals surface area (Å²) in [6, 6.07) is -0.444. The van der Waals surface area contributed by atoms with Crippen LogP contribution in [0.3, 0.4) is 0 Å². The summed E-state index contributed by atoms with van der Waals surface area (Å²) in [4.78, 5) is 35.7. The summed E-state index contributed by atoms with van der Waals surface area (Å²) in [7, 11) is 0. The zero-order chi connectivity index (χ0) is 12.6. The van der Waals surface area contributed by atoms with E-state index in [9.17, 15) is 14.4 Å². The number of amides is 2. The average molecular weight is 238 g/mol. The van der Waals surface area contributed by atoms with Gasteiger partial charge in [0.05, 0.1) is 0 Å². The van der Waals surface area contributed by atoms with Gasteiger partial charge in [-0.2, -0.15) is 0 Å². The van der Waals surface area contributed by atoms with Crippen LogP contribution in [0.25, 0.3) is 0 Å². The second-order valence-corrected chi connectivity index (χ2v) is 4.91. The van der Waals surface area contributed by atoms with E-state index in [0.29, 0.717) is 25.8 Å². The van der Waals surface area contributed by atoms with Gasteiger partial charge in [-0.3, -0.25) is 19.4 Å². The molecule has 0 aromatic heterocycles. The molecule has 0 aromatic rings. The summed E-state index contributed by atoms with van der Waals surface area (Å²) in [5.74, 6) is -0.335. The van der Waals surface area contributed by atoms with E-state index in [1.807, 2.05) is 6.92 Å². The minimum Gasteiger partial charge on any atom is -0.298 e. The zero-order valence-corrected chi connectivity index (χ0v) is 10.3. The molecule has 0 aromatic carbocycles. The number of hydrazine groups is 1. The van der Waals surface area contributed by atoms with E-state index >= 15 is 0 Å². The molecular weight excluding hydrogens is 220 g/mol. The summed E-state index contributed by atoms with van der Waals surface area (Å²) in [6.07, 6.45) is 2.43. The Morgan fingerprint density at radius 1 is 1.29 bits per heavy atom. The maximum absolute atomic E-state index is 12.2. The molecule has 0 unspecified atom stereocenters. The Bertz CT molecular complexity index is 367. The van der Waals surface area contributed by atoms with Crippen LogP contribution in [0.1, 0.15) is 39.5 Å². The maximum Gasteiger partial charge on any atom is 0.244 e. The van der Waals surface area contributed by atoms with Crippen LogP contribution in [0.2, 0.25) is 0 Å². The Kier molecular flexibility index (Phi) is 3.17. The van der Waals surface area contributed by atoms with Crippen molar-refractivity contribution in [1.29, 1.82) is 0 Å².